The lowest BCUT2D eigenvalue weighted by molar-refractivity contribution is -0.384. The lowest BCUT2D eigenvalue weighted by Gasteiger charge is -2.08. The predicted molar refractivity (Wildman–Crippen MR) is 87.0 cm³/mol. The van der Waals surface area contributed by atoms with Gasteiger partial charge in [-0.25, -0.2) is 13.2 Å². The number of carboxylic acids is 1. The van der Waals surface area contributed by atoms with E-state index in [4.69, 9.17) is 5.11 Å². The highest BCUT2D eigenvalue weighted by atomic mass is 32.2. The average Bonchev–Trinajstić information content (AvgIpc) is 2.53. The Balaban J connectivity index is 2.24. The van der Waals surface area contributed by atoms with Crippen LogP contribution in [0.3, 0.4) is 0 Å². The number of nitro groups is 1. The molecule has 9 heteroatoms. The number of rotatable bonds is 6. The van der Waals surface area contributed by atoms with Crippen molar-refractivity contribution < 1.29 is 23.2 Å². The van der Waals surface area contributed by atoms with Crippen molar-refractivity contribution in [1.29, 1.82) is 0 Å². The summed E-state index contributed by atoms with van der Waals surface area (Å²) in [6, 6.07) is 10.6. The van der Waals surface area contributed by atoms with Crippen molar-refractivity contribution in [3.63, 3.8) is 0 Å². The van der Waals surface area contributed by atoms with E-state index >= 15 is 0 Å². The van der Waals surface area contributed by atoms with Gasteiger partial charge in [-0.2, -0.15) is 0 Å². The van der Waals surface area contributed by atoms with E-state index in [0.29, 0.717) is 5.56 Å². The number of benzene rings is 2. The second-order valence-corrected chi connectivity index (χ2v) is 6.34. The zero-order valence-electron chi connectivity index (χ0n) is 12.1. The average molecular weight is 348 g/mol. The first-order valence-electron chi connectivity index (χ1n) is 6.56. The van der Waals surface area contributed by atoms with Crippen molar-refractivity contribution in [1.82, 2.24) is 0 Å². The molecule has 24 heavy (non-hydrogen) atoms. The van der Waals surface area contributed by atoms with Gasteiger partial charge in [0.1, 0.15) is 0 Å². The molecule has 0 aromatic heterocycles. The predicted octanol–water partition coefficient (Wildman–Crippen LogP) is 2.49. The van der Waals surface area contributed by atoms with Gasteiger partial charge in [0, 0.05) is 23.9 Å². The highest BCUT2D eigenvalue weighted by Gasteiger charge is 2.16. The molecule has 0 unspecified atom stereocenters. The second-order valence-electron chi connectivity index (χ2n) is 4.65. The van der Waals surface area contributed by atoms with Crippen LogP contribution in [0.5, 0.6) is 0 Å². The first-order valence-corrected chi connectivity index (χ1v) is 8.04. The molecule has 124 valence electrons. The molecule has 0 heterocycles. The minimum absolute atomic E-state index is 0.125. The van der Waals surface area contributed by atoms with E-state index in [2.05, 4.69) is 4.72 Å². The third-order valence-electron chi connectivity index (χ3n) is 2.92. The van der Waals surface area contributed by atoms with Crippen LogP contribution in [-0.2, 0) is 14.8 Å². The molecule has 0 aliphatic carbocycles. The molecule has 0 amide bonds. The van der Waals surface area contributed by atoms with Gasteiger partial charge in [0.05, 0.1) is 9.82 Å². The van der Waals surface area contributed by atoms with Gasteiger partial charge < -0.3 is 5.11 Å². The van der Waals surface area contributed by atoms with E-state index in [1.54, 1.807) is 12.1 Å². The van der Waals surface area contributed by atoms with Crippen molar-refractivity contribution >= 4 is 33.4 Å². The van der Waals surface area contributed by atoms with Crippen LogP contribution in [0.4, 0.5) is 11.4 Å². The summed E-state index contributed by atoms with van der Waals surface area (Å²) in [6.45, 7) is 0. The molecular weight excluding hydrogens is 336 g/mol. The lowest BCUT2D eigenvalue weighted by Crippen LogP contribution is -2.12. The zero-order valence-corrected chi connectivity index (χ0v) is 12.9. The van der Waals surface area contributed by atoms with Crippen LogP contribution in [-0.4, -0.2) is 24.4 Å². The van der Waals surface area contributed by atoms with Crippen molar-refractivity contribution in [2.75, 3.05) is 4.72 Å². The number of carbonyl (C=O) groups is 1. The van der Waals surface area contributed by atoms with Gasteiger partial charge in [-0.15, -0.1) is 0 Å². The van der Waals surface area contributed by atoms with Crippen LogP contribution >= 0.6 is 0 Å². The molecule has 0 radical (unpaired) electrons. The Hall–Kier alpha value is -3.20. The number of carboxylic acid groups (broad SMARTS) is 1. The largest absolute Gasteiger partial charge is 0.478 e. The Morgan fingerprint density at radius 3 is 2.42 bits per heavy atom. The number of non-ortho nitro benzene ring substituents is 1. The van der Waals surface area contributed by atoms with Crippen LogP contribution in [0.25, 0.3) is 6.08 Å². The minimum Gasteiger partial charge on any atom is -0.478 e. The first-order chi connectivity index (χ1) is 11.3. The monoisotopic (exact) mass is 348 g/mol. The smallest absolute Gasteiger partial charge is 0.328 e. The highest BCUT2D eigenvalue weighted by molar-refractivity contribution is 7.92. The van der Waals surface area contributed by atoms with Crippen LogP contribution in [0.1, 0.15) is 5.56 Å². The topological polar surface area (TPSA) is 127 Å². The van der Waals surface area contributed by atoms with Gasteiger partial charge in [-0.1, -0.05) is 12.1 Å². The number of hydrogen-bond donors (Lipinski definition) is 2. The van der Waals surface area contributed by atoms with E-state index in [9.17, 15) is 23.3 Å². The summed E-state index contributed by atoms with van der Waals surface area (Å²) in [5, 5.41) is 19.2. The highest BCUT2D eigenvalue weighted by Crippen LogP contribution is 2.20. The van der Waals surface area contributed by atoms with Crippen molar-refractivity contribution in [3.05, 3.63) is 70.3 Å². The van der Waals surface area contributed by atoms with Gasteiger partial charge in [0.2, 0.25) is 0 Å². The van der Waals surface area contributed by atoms with Gasteiger partial charge >= 0.3 is 5.97 Å². The Labute approximate surface area is 137 Å². The molecule has 2 N–H and O–H groups in total. The van der Waals surface area contributed by atoms with Crippen molar-refractivity contribution in [3.8, 4) is 0 Å². The molecule has 0 fully saturated rings. The van der Waals surface area contributed by atoms with Crippen molar-refractivity contribution in [2.24, 2.45) is 0 Å². The quantitative estimate of drug-likeness (QED) is 0.469. The molecule has 0 saturated carbocycles. The molecule has 0 spiro atoms. The van der Waals surface area contributed by atoms with Gasteiger partial charge in [-0.05, 0) is 35.9 Å². The fourth-order valence-corrected chi connectivity index (χ4v) is 2.88. The molecule has 2 aromatic rings. The summed E-state index contributed by atoms with van der Waals surface area (Å²) < 4.78 is 26.9. The first kappa shape index (κ1) is 17.2. The number of nitro benzene ring substituents is 1. The Kier molecular flexibility index (Phi) is 4.95. The SMILES string of the molecule is O=C(O)C=Cc1cccc(NS(=O)(=O)c2ccc([N+](=O)[O-])cc2)c1. The van der Waals surface area contributed by atoms with Crippen molar-refractivity contribution in [2.45, 2.75) is 4.90 Å². The van der Waals surface area contributed by atoms with E-state index in [0.717, 1.165) is 30.3 Å². The number of nitrogens with zero attached hydrogens (tertiary/aromatic N) is 1. The molecule has 0 saturated heterocycles. The fourth-order valence-electron chi connectivity index (χ4n) is 1.83. The van der Waals surface area contributed by atoms with Gasteiger partial charge in [-0.3, -0.25) is 14.8 Å². The summed E-state index contributed by atoms with van der Waals surface area (Å²) in [5.74, 6) is -1.12. The van der Waals surface area contributed by atoms with E-state index in [-0.39, 0.29) is 16.3 Å². The maximum Gasteiger partial charge on any atom is 0.328 e. The lowest BCUT2D eigenvalue weighted by atomic mass is 10.2. The summed E-state index contributed by atoms with van der Waals surface area (Å²) in [5.41, 5.74) is 0.525. The maximum atomic E-state index is 12.3. The fraction of sp³-hybridized carbons (Fsp3) is 0. The Morgan fingerprint density at radius 1 is 1.17 bits per heavy atom. The number of nitrogens with one attached hydrogen (secondary N) is 1. The van der Waals surface area contributed by atoms with E-state index in [1.165, 1.54) is 18.2 Å². The number of anilines is 1. The van der Waals surface area contributed by atoms with Gasteiger partial charge in [0.15, 0.2) is 0 Å². The summed E-state index contributed by atoms with van der Waals surface area (Å²) in [7, 11) is -3.92. The second kappa shape index (κ2) is 6.92. The number of hydrogen-bond acceptors (Lipinski definition) is 5. The Bertz CT molecular complexity index is 904. The normalized spacial score (nSPS) is 11.3. The number of aliphatic carboxylic acids is 1. The molecule has 0 aliphatic heterocycles. The van der Waals surface area contributed by atoms with Crippen LogP contribution in [0.15, 0.2) is 59.5 Å². The van der Waals surface area contributed by atoms with Gasteiger partial charge in [0.25, 0.3) is 15.7 Å². The van der Waals surface area contributed by atoms with Crippen LogP contribution in [0, 0.1) is 10.1 Å². The third-order valence-corrected chi connectivity index (χ3v) is 4.31. The van der Waals surface area contributed by atoms with Crippen LogP contribution < -0.4 is 4.72 Å². The Morgan fingerprint density at radius 2 is 1.83 bits per heavy atom. The molecular formula is C15H12N2O6S. The zero-order chi connectivity index (χ0) is 17.7. The molecule has 2 aromatic carbocycles. The number of sulfonamides is 1. The maximum absolute atomic E-state index is 12.3. The summed E-state index contributed by atoms with van der Waals surface area (Å²) >= 11 is 0. The summed E-state index contributed by atoms with van der Waals surface area (Å²) in [4.78, 5) is 20.3. The van der Waals surface area contributed by atoms with E-state index < -0.39 is 20.9 Å². The molecule has 8 nitrogen and oxygen atoms in total. The minimum atomic E-state index is -3.92. The summed E-state index contributed by atoms with van der Waals surface area (Å²) in [6.07, 6.45) is 2.26. The molecule has 0 atom stereocenters. The molecule has 2 rings (SSSR count). The molecule has 0 bridgehead atoms. The molecule has 0 aliphatic rings. The van der Waals surface area contributed by atoms with E-state index in [1.807, 2.05) is 0 Å². The van der Waals surface area contributed by atoms with Crippen LogP contribution in [0.2, 0.25) is 0 Å². The third kappa shape index (κ3) is 4.40. The standard InChI is InChI=1S/C15H12N2O6S/c18-15(19)9-4-11-2-1-3-12(10-11)16-24(22,23)14-7-5-13(6-8-14)17(20)21/h1-10,16H,(H,18,19).